The first-order chi connectivity index (χ1) is 8.49. The summed E-state index contributed by atoms with van der Waals surface area (Å²) in [6, 6.07) is -1.08. The molecule has 1 aromatic heterocycles. The van der Waals surface area contributed by atoms with Crippen molar-refractivity contribution in [1.82, 2.24) is 9.97 Å². The van der Waals surface area contributed by atoms with E-state index in [2.05, 4.69) is 4.98 Å². The van der Waals surface area contributed by atoms with Gasteiger partial charge in [-0.2, -0.15) is 9.37 Å². The largest absolute Gasteiger partial charge is 0.445 e. The highest BCUT2D eigenvalue weighted by Gasteiger charge is 2.38. The number of H-pyrrole nitrogens is 1. The van der Waals surface area contributed by atoms with Crippen LogP contribution < -0.4 is 16.2 Å². The average molecular weight is 261 g/mol. The summed E-state index contributed by atoms with van der Waals surface area (Å²) in [6.45, 7) is -0.212. The molecule has 9 heteroatoms. The lowest BCUT2D eigenvalue weighted by Crippen LogP contribution is -2.59. The normalized spacial score (nSPS) is 32.2. The van der Waals surface area contributed by atoms with Crippen LogP contribution in [0.25, 0.3) is 0 Å². The van der Waals surface area contributed by atoms with Crippen LogP contribution in [-0.4, -0.2) is 51.3 Å². The third kappa shape index (κ3) is 2.48. The molecule has 2 rings (SSSR count). The van der Waals surface area contributed by atoms with Gasteiger partial charge in [-0.25, -0.2) is 4.79 Å². The molecule has 4 atom stereocenters. The number of aliphatic hydroxyl groups is 2. The summed E-state index contributed by atoms with van der Waals surface area (Å²) in [5.74, 6) is -1.38. The van der Waals surface area contributed by atoms with Crippen molar-refractivity contribution in [2.45, 2.75) is 24.5 Å². The van der Waals surface area contributed by atoms with E-state index in [-0.39, 0.29) is 6.61 Å². The number of aromatic amines is 1. The van der Waals surface area contributed by atoms with E-state index in [4.69, 9.17) is 15.2 Å². The molecule has 8 nitrogen and oxygen atoms in total. The van der Waals surface area contributed by atoms with E-state index in [0.717, 1.165) is 0 Å². The number of aromatic nitrogens is 2. The topological polar surface area (TPSA) is 131 Å². The Morgan fingerprint density at radius 2 is 2.33 bits per heavy atom. The fourth-order valence-corrected chi connectivity index (χ4v) is 1.50. The van der Waals surface area contributed by atoms with Gasteiger partial charge in [0.2, 0.25) is 18.0 Å². The van der Waals surface area contributed by atoms with Crippen LogP contribution in [0.1, 0.15) is 0 Å². The van der Waals surface area contributed by atoms with E-state index in [9.17, 15) is 19.4 Å². The summed E-state index contributed by atoms with van der Waals surface area (Å²) >= 11 is 0. The van der Waals surface area contributed by atoms with Gasteiger partial charge in [0.1, 0.15) is 12.2 Å². The predicted octanol–water partition coefficient (Wildman–Crippen LogP) is -2.31. The molecular formula is C9H12FN3O5. The number of hydrogen-bond acceptors (Lipinski definition) is 7. The molecule has 1 aliphatic rings. The van der Waals surface area contributed by atoms with Crippen LogP contribution in [0.15, 0.2) is 11.0 Å². The molecule has 18 heavy (non-hydrogen) atoms. The molecule has 1 saturated heterocycles. The van der Waals surface area contributed by atoms with E-state index in [0.29, 0.717) is 6.20 Å². The van der Waals surface area contributed by atoms with Gasteiger partial charge in [-0.1, -0.05) is 0 Å². The molecule has 5 N–H and O–H groups in total. The zero-order valence-corrected chi connectivity index (χ0v) is 9.12. The van der Waals surface area contributed by atoms with Gasteiger partial charge < -0.3 is 25.4 Å². The lowest BCUT2D eigenvalue weighted by Gasteiger charge is -2.35. The minimum absolute atomic E-state index is 0.212. The smallest absolute Gasteiger partial charge is 0.347 e. The van der Waals surface area contributed by atoms with Crippen LogP contribution in [0.3, 0.4) is 0 Å². The van der Waals surface area contributed by atoms with Gasteiger partial charge in [0.15, 0.2) is 0 Å². The number of ether oxygens (including phenoxy) is 2. The monoisotopic (exact) mass is 261 g/mol. The molecule has 0 spiro atoms. The Hall–Kier alpha value is -1.55. The highest BCUT2D eigenvalue weighted by Crippen LogP contribution is 2.18. The van der Waals surface area contributed by atoms with Crippen molar-refractivity contribution in [1.29, 1.82) is 0 Å². The van der Waals surface area contributed by atoms with E-state index >= 15 is 0 Å². The van der Waals surface area contributed by atoms with E-state index in [1.165, 1.54) is 0 Å². The first kappa shape index (κ1) is 12.9. The summed E-state index contributed by atoms with van der Waals surface area (Å²) < 4.78 is 23.3. The van der Waals surface area contributed by atoms with Gasteiger partial charge in [0.05, 0.1) is 18.8 Å². The molecule has 0 aliphatic carbocycles. The van der Waals surface area contributed by atoms with Crippen LogP contribution in [0.4, 0.5) is 4.39 Å². The molecule has 0 unspecified atom stereocenters. The summed E-state index contributed by atoms with van der Waals surface area (Å²) in [4.78, 5) is 16.1. The molecule has 1 aliphatic heterocycles. The first-order valence-corrected chi connectivity index (χ1v) is 5.14. The zero-order chi connectivity index (χ0) is 13.3. The maximum absolute atomic E-state index is 13.3. The number of nitrogens with zero attached hydrogens (tertiary/aromatic N) is 1. The zero-order valence-electron chi connectivity index (χ0n) is 9.12. The number of hydrogen-bond donors (Lipinski definition) is 4. The molecule has 0 bridgehead atoms. The van der Waals surface area contributed by atoms with Gasteiger partial charge in [0, 0.05) is 0 Å². The number of aliphatic hydroxyl groups excluding tert-OH is 2. The van der Waals surface area contributed by atoms with Gasteiger partial charge in [-0.3, -0.25) is 4.98 Å². The lowest BCUT2D eigenvalue weighted by atomic mass is 10.0. The summed E-state index contributed by atoms with van der Waals surface area (Å²) in [5.41, 5.74) is 4.76. The van der Waals surface area contributed by atoms with E-state index < -0.39 is 41.9 Å². The van der Waals surface area contributed by atoms with Crippen molar-refractivity contribution in [3.8, 4) is 5.88 Å². The van der Waals surface area contributed by atoms with Crippen molar-refractivity contribution in [3.63, 3.8) is 0 Å². The van der Waals surface area contributed by atoms with Crippen molar-refractivity contribution in [2.75, 3.05) is 6.61 Å². The molecule has 0 radical (unpaired) electrons. The molecule has 1 fully saturated rings. The van der Waals surface area contributed by atoms with Crippen LogP contribution in [-0.2, 0) is 4.74 Å². The Labute approximate surface area is 100 Å². The third-order valence-electron chi connectivity index (χ3n) is 2.50. The maximum atomic E-state index is 13.3. The highest BCUT2D eigenvalue weighted by atomic mass is 19.1. The van der Waals surface area contributed by atoms with Crippen molar-refractivity contribution < 1.29 is 24.1 Å². The second-order valence-electron chi connectivity index (χ2n) is 3.82. The molecule has 100 valence electrons. The minimum atomic E-state index is -1.26. The van der Waals surface area contributed by atoms with Crippen molar-refractivity contribution in [2.24, 2.45) is 5.73 Å². The number of nitrogens with two attached hydrogens (primary N) is 1. The predicted molar refractivity (Wildman–Crippen MR) is 55.2 cm³/mol. The maximum Gasteiger partial charge on any atom is 0.347 e. The van der Waals surface area contributed by atoms with Crippen molar-refractivity contribution >= 4 is 0 Å². The Morgan fingerprint density at radius 3 is 3.06 bits per heavy atom. The second kappa shape index (κ2) is 4.98. The standard InChI is InChI=1S/C9H12FN3O5/c10-3-1-12-9(16)13-7(3)18-8-5(11)6(15)4(14)2-17-8/h1,4-6,8,14-15H,2,11H2,(H,12,13,16)/t4-,5-,6-,8+/m1/s1. The van der Waals surface area contributed by atoms with Crippen LogP contribution in [0.2, 0.25) is 0 Å². The molecular weight excluding hydrogens is 249 g/mol. The van der Waals surface area contributed by atoms with Crippen molar-refractivity contribution in [3.05, 3.63) is 22.5 Å². The molecule has 0 aromatic carbocycles. The summed E-state index contributed by atoms with van der Waals surface area (Å²) in [7, 11) is 0. The molecule has 2 heterocycles. The Bertz CT molecular complexity index is 482. The highest BCUT2D eigenvalue weighted by molar-refractivity contribution is 5.09. The molecule has 0 amide bonds. The van der Waals surface area contributed by atoms with Crippen LogP contribution in [0.5, 0.6) is 5.88 Å². The fraction of sp³-hybridized carbons (Fsp3) is 0.556. The SMILES string of the molecule is N[C@H]1[C@H](Oc2[nH]c(=O)ncc2F)OC[C@@H](O)[C@H]1O. The van der Waals surface area contributed by atoms with Gasteiger partial charge in [-0.05, 0) is 0 Å². The number of nitrogens with one attached hydrogen (secondary N) is 1. The Balaban J connectivity index is 2.14. The molecule has 0 saturated carbocycles. The summed E-state index contributed by atoms with van der Waals surface area (Å²) in [6.07, 6.45) is -2.90. The van der Waals surface area contributed by atoms with Crippen LogP contribution >= 0.6 is 0 Å². The average Bonchev–Trinajstić information content (AvgIpc) is 2.34. The van der Waals surface area contributed by atoms with Gasteiger partial charge >= 0.3 is 5.69 Å². The summed E-state index contributed by atoms with van der Waals surface area (Å²) in [5, 5.41) is 18.8. The van der Waals surface area contributed by atoms with Crippen LogP contribution in [0, 0.1) is 5.82 Å². The lowest BCUT2D eigenvalue weighted by molar-refractivity contribution is -0.195. The second-order valence-corrected chi connectivity index (χ2v) is 3.82. The van der Waals surface area contributed by atoms with Gasteiger partial charge in [0.25, 0.3) is 0 Å². The third-order valence-corrected chi connectivity index (χ3v) is 2.50. The Morgan fingerprint density at radius 1 is 1.61 bits per heavy atom. The number of halogens is 1. The van der Waals surface area contributed by atoms with E-state index in [1.54, 1.807) is 0 Å². The molecule has 1 aromatic rings. The first-order valence-electron chi connectivity index (χ1n) is 5.14. The quantitative estimate of drug-likeness (QED) is 0.470. The van der Waals surface area contributed by atoms with E-state index in [1.807, 2.05) is 4.98 Å². The Kier molecular flexibility index (Phi) is 3.57. The minimum Gasteiger partial charge on any atom is -0.445 e. The number of rotatable bonds is 2. The fourth-order valence-electron chi connectivity index (χ4n) is 1.50. The van der Waals surface area contributed by atoms with Gasteiger partial charge in [-0.15, -0.1) is 0 Å².